The number of carbonyl (C=O) groups is 1. The number of benzene rings is 1. The van der Waals surface area contributed by atoms with Gasteiger partial charge in [0.15, 0.2) is 0 Å². The smallest absolute Gasteiger partial charge is 0.407 e. The minimum absolute atomic E-state index is 0. The predicted molar refractivity (Wildman–Crippen MR) is 77.4 cm³/mol. The molecule has 2 unspecified atom stereocenters. The Morgan fingerprint density at radius 2 is 2.16 bits per heavy atom. The molecule has 4 nitrogen and oxygen atoms in total. The van der Waals surface area contributed by atoms with E-state index in [-0.39, 0.29) is 24.5 Å². The van der Waals surface area contributed by atoms with Crippen LogP contribution in [-0.2, 0) is 11.3 Å². The number of ether oxygens (including phenoxy) is 1. The van der Waals surface area contributed by atoms with Crippen LogP contribution < -0.4 is 10.6 Å². The Balaban J connectivity index is 0.00000180. The van der Waals surface area contributed by atoms with Gasteiger partial charge in [-0.3, -0.25) is 0 Å². The quantitative estimate of drug-likeness (QED) is 0.896. The maximum Gasteiger partial charge on any atom is 0.407 e. The molecular formula is C14H21ClN2O2. The van der Waals surface area contributed by atoms with Crippen molar-refractivity contribution in [3.63, 3.8) is 0 Å². The molecule has 19 heavy (non-hydrogen) atoms. The third kappa shape index (κ3) is 5.09. The van der Waals surface area contributed by atoms with E-state index in [2.05, 4.69) is 17.6 Å². The van der Waals surface area contributed by atoms with E-state index in [9.17, 15) is 4.79 Å². The first-order chi connectivity index (χ1) is 8.75. The summed E-state index contributed by atoms with van der Waals surface area (Å²) >= 11 is 0. The van der Waals surface area contributed by atoms with Gasteiger partial charge in [0.1, 0.15) is 6.61 Å². The van der Waals surface area contributed by atoms with Crippen molar-refractivity contribution in [1.29, 1.82) is 0 Å². The summed E-state index contributed by atoms with van der Waals surface area (Å²) < 4.78 is 5.20. The molecule has 0 bridgehead atoms. The number of piperidine rings is 1. The number of alkyl carbamates (subject to hydrolysis) is 1. The van der Waals surface area contributed by atoms with Crippen LogP contribution in [0.15, 0.2) is 30.3 Å². The van der Waals surface area contributed by atoms with Crippen LogP contribution in [0.4, 0.5) is 4.79 Å². The SMILES string of the molecule is CC1CCNCC1NC(=O)OCc1ccccc1.Cl. The van der Waals surface area contributed by atoms with E-state index >= 15 is 0 Å². The van der Waals surface area contributed by atoms with Crippen molar-refractivity contribution in [3.05, 3.63) is 35.9 Å². The van der Waals surface area contributed by atoms with Crippen molar-refractivity contribution < 1.29 is 9.53 Å². The van der Waals surface area contributed by atoms with Gasteiger partial charge in [-0.1, -0.05) is 37.3 Å². The minimum atomic E-state index is -0.334. The summed E-state index contributed by atoms with van der Waals surface area (Å²) in [4.78, 5) is 11.7. The molecule has 2 N–H and O–H groups in total. The number of amides is 1. The number of nitrogens with one attached hydrogen (secondary N) is 2. The van der Waals surface area contributed by atoms with Gasteiger partial charge in [-0.15, -0.1) is 12.4 Å². The van der Waals surface area contributed by atoms with E-state index in [1.807, 2.05) is 30.3 Å². The molecule has 1 fully saturated rings. The van der Waals surface area contributed by atoms with Crippen molar-refractivity contribution in [1.82, 2.24) is 10.6 Å². The molecule has 1 amide bonds. The average molecular weight is 285 g/mol. The second-order valence-electron chi connectivity index (χ2n) is 4.78. The fourth-order valence-electron chi connectivity index (χ4n) is 2.10. The number of halogens is 1. The van der Waals surface area contributed by atoms with Gasteiger partial charge in [0.2, 0.25) is 0 Å². The summed E-state index contributed by atoms with van der Waals surface area (Å²) in [5.74, 6) is 0.496. The number of rotatable bonds is 3. The highest BCUT2D eigenvalue weighted by Crippen LogP contribution is 2.11. The van der Waals surface area contributed by atoms with Crippen LogP contribution in [0.1, 0.15) is 18.9 Å². The van der Waals surface area contributed by atoms with Gasteiger partial charge in [0.25, 0.3) is 0 Å². The molecule has 0 spiro atoms. The summed E-state index contributed by atoms with van der Waals surface area (Å²) in [5, 5.41) is 6.19. The molecule has 5 heteroatoms. The Morgan fingerprint density at radius 1 is 1.42 bits per heavy atom. The Labute approximate surface area is 120 Å². The highest BCUT2D eigenvalue weighted by atomic mass is 35.5. The average Bonchev–Trinajstić information content (AvgIpc) is 2.40. The molecule has 1 aliphatic heterocycles. The summed E-state index contributed by atoms with van der Waals surface area (Å²) in [7, 11) is 0. The lowest BCUT2D eigenvalue weighted by molar-refractivity contribution is 0.129. The summed E-state index contributed by atoms with van der Waals surface area (Å²) in [6, 6.07) is 9.87. The van der Waals surface area contributed by atoms with Gasteiger partial charge >= 0.3 is 6.09 Å². The van der Waals surface area contributed by atoms with Gasteiger partial charge in [0, 0.05) is 12.6 Å². The number of hydrogen-bond donors (Lipinski definition) is 2. The summed E-state index contributed by atoms with van der Waals surface area (Å²) in [6.45, 7) is 4.32. The second kappa shape index (κ2) is 8.02. The van der Waals surface area contributed by atoms with Crippen LogP contribution in [0.2, 0.25) is 0 Å². The molecule has 1 saturated heterocycles. The Kier molecular flexibility index (Phi) is 6.67. The largest absolute Gasteiger partial charge is 0.445 e. The van der Waals surface area contributed by atoms with E-state index in [4.69, 9.17) is 4.74 Å². The van der Waals surface area contributed by atoms with Crippen LogP contribution in [0.3, 0.4) is 0 Å². The van der Waals surface area contributed by atoms with Crippen molar-refractivity contribution >= 4 is 18.5 Å². The van der Waals surface area contributed by atoms with Gasteiger partial charge < -0.3 is 15.4 Å². The number of hydrogen-bond acceptors (Lipinski definition) is 3. The van der Waals surface area contributed by atoms with E-state index in [1.165, 1.54) is 0 Å². The lowest BCUT2D eigenvalue weighted by atomic mass is 9.95. The normalized spacial score (nSPS) is 22.2. The van der Waals surface area contributed by atoms with Crippen LogP contribution in [0.5, 0.6) is 0 Å². The van der Waals surface area contributed by atoms with Crippen molar-refractivity contribution in [2.24, 2.45) is 5.92 Å². The third-order valence-electron chi connectivity index (χ3n) is 3.34. The zero-order valence-electron chi connectivity index (χ0n) is 11.1. The monoisotopic (exact) mass is 284 g/mol. The van der Waals surface area contributed by atoms with E-state index in [1.54, 1.807) is 0 Å². The summed E-state index contributed by atoms with van der Waals surface area (Å²) in [6.07, 6.45) is 0.753. The molecular weight excluding hydrogens is 264 g/mol. The molecule has 1 heterocycles. The van der Waals surface area contributed by atoms with Gasteiger partial charge in [-0.25, -0.2) is 4.79 Å². The van der Waals surface area contributed by atoms with Crippen LogP contribution >= 0.6 is 12.4 Å². The predicted octanol–water partition coefficient (Wildman–Crippen LogP) is 2.33. The molecule has 1 aromatic carbocycles. The highest BCUT2D eigenvalue weighted by Gasteiger charge is 2.22. The first kappa shape index (κ1) is 15.8. The molecule has 2 atom stereocenters. The Hall–Kier alpha value is -1.26. The van der Waals surface area contributed by atoms with Gasteiger partial charge in [0.05, 0.1) is 0 Å². The lowest BCUT2D eigenvalue weighted by Gasteiger charge is -2.29. The molecule has 0 saturated carbocycles. The second-order valence-corrected chi connectivity index (χ2v) is 4.78. The van der Waals surface area contributed by atoms with Crippen LogP contribution in [0, 0.1) is 5.92 Å². The minimum Gasteiger partial charge on any atom is -0.445 e. The summed E-state index contributed by atoms with van der Waals surface area (Å²) in [5.41, 5.74) is 1.00. The first-order valence-electron chi connectivity index (χ1n) is 6.43. The highest BCUT2D eigenvalue weighted by molar-refractivity contribution is 5.85. The molecule has 106 valence electrons. The fraction of sp³-hybridized carbons (Fsp3) is 0.500. The fourth-order valence-corrected chi connectivity index (χ4v) is 2.10. The molecule has 1 aromatic rings. The molecule has 2 rings (SSSR count). The van der Waals surface area contributed by atoms with Crippen LogP contribution in [-0.4, -0.2) is 25.2 Å². The topological polar surface area (TPSA) is 50.4 Å². The Morgan fingerprint density at radius 3 is 2.84 bits per heavy atom. The van der Waals surface area contributed by atoms with Crippen molar-refractivity contribution in [2.75, 3.05) is 13.1 Å². The lowest BCUT2D eigenvalue weighted by Crippen LogP contribution is -2.50. The van der Waals surface area contributed by atoms with E-state index < -0.39 is 0 Å². The molecule has 0 aliphatic carbocycles. The zero-order valence-corrected chi connectivity index (χ0v) is 11.9. The number of carbonyl (C=O) groups excluding carboxylic acids is 1. The van der Waals surface area contributed by atoms with E-state index in [0.29, 0.717) is 12.5 Å². The first-order valence-corrected chi connectivity index (χ1v) is 6.43. The van der Waals surface area contributed by atoms with Crippen LogP contribution in [0.25, 0.3) is 0 Å². The molecule has 1 aliphatic rings. The van der Waals surface area contributed by atoms with Gasteiger partial charge in [-0.2, -0.15) is 0 Å². The maximum absolute atomic E-state index is 11.7. The standard InChI is InChI=1S/C14H20N2O2.ClH/c1-11-7-8-15-9-13(11)16-14(17)18-10-12-5-3-2-4-6-12;/h2-6,11,13,15H,7-10H2,1H3,(H,16,17);1H. The Bertz CT molecular complexity index is 386. The molecule has 0 radical (unpaired) electrons. The van der Waals surface area contributed by atoms with Crippen molar-refractivity contribution in [2.45, 2.75) is 26.0 Å². The maximum atomic E-state index is 11.7. The third-order valence-corrected chi connectivity index (χ3v) is 3.34. The van der Waals surface area contributed by atoms with E-state index in [0.717, 1.165) is 25.1 Å². The zero-order chi connectivity index (χ0) is 12.8. The van der Waals surface area contributed by atoms with Gasteiger partial charge in [-0.05, 0) is 24.4 Å². The van der Waals surface area contributed by atoms with Crippen molar-refractivity contribution in [3.8, 4) is 0 Å². The molecule has 0 aromatic heterocycles.